The van der Waals surface area contributed by atoms with E-state index >= 15 is 0 Å². The molecule has 28 heavy (non-hydrogen) atoms. The smallest absolute Gasteiger partial charge is 0.260 e. The van der Waals surface area contributed by atoms with E-state index < -0.39 is 0 Å². The van der Waals surface area contributed by atoms with Gasteiger partial charge in [-0.25, -0.2) is 0 Å². The summed E-state index contributed by atoms with van der Waals surface area (Å²) in [4.78, 5) is 18.1. The lowest BCUT2D eigenvalue weighted by atomic mass is 10.2. The highest BCUT2D eigenvalue weighted by atomic mass is 35.5. The normalized spacial score (nSPS) is 10.6. The zero-order chi connectivity index (χ0) is 20.1. The first-order valence-corrected chi connectivity index (χ1v) is 8.94. The van der Waals surface area contributed by atoms with Crippen LogP contribution >= 0.6 is 11.6 Å². The number of nitrogens with zero attached hydrogens (tertiary/aromatic N) is 3. The van der Waals surface area contributed by atoms with Gasteiger partial charge >= 0.3 is 0 Å². The Balaban J connectivity index is 1.58. The molecule has 0 aliphatic carbocycles. The second-order valence-corrected chi connectivity index (χ2v) is 6.60. The Morgan fingerprint density at radius 2 is 2.04 bits per heavy atom. The van der Waals surface area contributed by atoms with E-state index in [0.717, 1.165) is 11.1 Å². The van der Waals surface area contributed by atoms with Crippen LogP contribution < -0.4 is 9.47 Å². The van der Waals surface area contributed by atoms with Gasteiger partial charge in [0.2, 0.25) is 11.7 Å². The molecule has 0 saturated carbocycles. The van der Waals surface area contributed by atoms with Crippen LogP contribution in [0.25, 0.3) is 11.4 Å². The summed E-state index contributed by atoms with van der Waals surface area (Å²) in [6.45, 7) is 1.95. The Morgan fingerprint density at radius 3 is 2.79 bits per heavy atom. The average molecular weight is 402 g/mol. The molecule has 2 aromatic carbocycles. The number of halogens is 1. The summed E-state index contributed by atoms with van der Waals surface area (Å²) in [6.07, 6.45) is 0. The minimum Gasteiger partial charge on any atom is -0.497 e. The third kappa shape index (κ3) is 4.80. The number of hydrogen-bond donors (Lipinski definition) is 0. The SMILES string of the molecule is COc1cccc(-c2noc(CN(C)C(=O)COc3ccc(Cl)c(C)c3)n2)c1. The van der Waals surface area contributed by atoms with Gasteiger partial charge in [-0.05, 0) is 42.8 Å². The summed E-state index contributed by atoms with van der Waals surface area (Å²) in [5, 5.41) is 4.61. The van der Waals surface area contributed by atoms with Gasteiger partial charge in [0.05, 0.1) is 13.7 Å². The van der Waals surface area contributed by atoms with Gasteiger partial charge in [-0.3, -0.25) is 4.79 Å². The lowest BCUT2D eigenvalue weighted by molar-refractivity contribution is -0.132. The third-order valence-corrected chi connectivity index (χ3v) is 4.51. The van der Waals surface area contributed by atoms with Crippen molar-refractivity contribution in [1.82, 2.24) is 15.0 Å². The van der Waals surface area contributed by atoms with E-state index in [9.17, 15) is 4.79 Å². The van der Waals surface area contributed by atoms with E-state index in [-0.39, 0.29) is 19.1 Å². The Bertz CT molecular complexity index is 974. The second-order valence-electron chi connectivity index (χ2n) is 6.19. The van der Waals surface area contributed by atoms with Crippen molar-refractivity contribution in [2.45, 2.75) is 13.5 Å². The number of carbonyl (C=O) groups is 1. The molecule has 3 rings (SSSR count). The average Bonchev–Trinajstić information content (AvgIpc) is 3.17. The Morgan fingerprint density at radius 1 is 1.21 bits per heavy atom. The van der Waals surface area contributed by atoms with Gasteiger partial charge in [-0.1, -0.05) is 28.9 Å². The van der Waals surface area contributed by atoms with E-state index in [1.165, 1.54) is 4.90 Å². The van der Waals surface area contributed by atoms with Gasteiger partial charge in [0, 0.05) is 17.6 Å². The minimum atomic E-state index is -0.214. The zero-order valence-corrected chi connectivity index (χ0v) is 16.6. The fourth-order valence-electron chi connectivity index (χ4n) is 2.45. The molecule has 0 saturated heterocycles. The first kappa shape index (κ1) is 19.7. The molecule has 146 valence electrons. The number of aryl methyl sites for hydroxylation is 1. The maximum atomic E-state index is 12.3. The van der Waals surface area contributed by atoms with Crippen molar-refractivity contribution in [3.63, 3.8) is 0 Å². The maximum absolute atomic E-state index is 12.3. The van der Waals surface area contributed by atoms with Gasteiger partial charge < -0.3 is 18.9 Å². The number of hydrogen-bond acceptors (Lipinski definition) is 6. The summed E-state index contributed by atoms with van der Waals surface area (Å²) in [6, 6.07) is 12.6. The zero-order valence-electron chi connectivity index (χ0n) is 15.8. The monoisotopic (exact) mass is 401 g/mol. The van der Waals surface area contributed by atoms with Crippen LogP contribution in [0.5, 0.6) is 11.5 Å². The molecule has 0 aliphatic rings. The van der Waals surface area contributed by atoms with Gasteiger partial charge in [0.15, 0.2) is 6.61 Å². The van der Waals surface area contributed by atoms with Crippen LogP contribution in [0.2, 0.25) is 5.02 Å². The molecule has 0 bridgehead atoms. The Kier molecular flexibility index (Phi) is 6.16. The molecular formula is C20H20ClN3O4. The van der Waals surface area contributed by atoms with E-state index in [2.05, 4.69) is 10.1 Å². The van der Waals surface area contributed by atoms with E-state index in [1.54, 1.807) is 32.4 Å². The van der Waals surface area contributed by atoms with Crippen LogP contribution in [0.3, 0.4) is 0 Å². The van der Waals surface area contributed by atoms with Crippen LogP contribution in [0.1, 0.15) is 11.5 Å². The summed E-state index contributed by atoms with van der Waals surface area (Å²) in [5.74, 6) is 1.83. The lowest BCUT2D eigenvalue weighted by Crippen LogP contribution is -2.31. The molecular weight excluding hydrogens is 382 g/mol. The number of benzene rings is 2. The first-order valence-electron chi connectivity index (χ1n) is 8.56. The molecule has 1 amide bonds. The number of carbonyl (C=O) groups excluding carboxylic acids is 1. The summed E-state index contributed by atoms with van der Waals surface area (Å²) in [7, 11) is 3.24. The molecule has 3 aromatic rings. The largest absolute Gasteiger partial charge is 0.497 e. The standard InChI is InChI=1S/C20H20ClN3O4/c1-13-9-16(7-8-17(13)21)27-12-19(25)24(2)11-18-22-20(23-28-18)14-5-4-6-15(10-14)26-3/h4-10H,11-12H2,1-3H3. The van der Waals surface area contributed by atoms with Gasteiger partial charge in [0.1, 0.15) is 11.5 Å². The molecule has 0 N–H and O–H groups in total. The summed E-state index contributed by atoms with van der Waals surface area (Å²) in [5.41, 5.74) is 1.65. The van der Waals surface area contributed by atoms with Crippen molar-refractivity contribution in [1.29, 1.82) is 0 Å². The first-order chi connectivity index (χ1) is 13.5. The highest BCUT2D eigenvalue weighted by molar-refractivity contribution is 6.31. The number of ether oxygens (including phenoxy) is 2. The van der Waals surface area contributed by atoms with Crippen molar-refractivity contribution in [2.24, 2.45) is 0 Å². The highest BCUT2D eigenvalue weighted by Gasteiger charge is 2.16. The number of likely N-dealkylation sites (N-methyl/N-ethyl adjacent to an activating group) is 1. The number of amides is 1. The van der Waals surface area contributed by atoms with Gasteiger partial charge in [-0.2, -0.15) is 4.98 Å². The fraction of sp³-hybridized carbons (Fsp3) is 0.250. The van der Waals surface area contributed by atoms with Crippen LogP contribution in [-0.4, -0.2) is 41.7 Å². The second kappa shape index (κ2) is 8.75. The lowest BCUT2D eigenvalue weighted by Gasteiger charge is -2.15. The van der Waals surface area contributed by atoms with E-state index in [4.69, 9.17) is 25.6 Å². The number of rotatable bonds is 7. The number of methoxy groups -OCH3 is 1. The molecule has 0 radical (unpaired) electrons. The third-order valence-electron chi connectivity index (χ3n) is 4.09. The van der Waals surface area contributed by atoms with Gasteiger partial charge in [0.25, 0.3) is 5.91 Å². The van der Waals surface area contributed by atoms with Gasteiger partial charge in [-0.15, -0.1) is 0 Å². The number of aromatic nitrogens is 2. The van der Waals surface area contributed by atoms with Crippen molar-refractivity contribution in [2.75, 3.05) is 20.8 Å². The Labute approximate surface area is 167 Å². The fourth-order valence-corrected chi connectivity index (χ4v) is 2.57. The molecule has 0 spiro atoms. The molecule has 8 heteroatoms. The van der Waals surface area contributed by atoms with Crippen molar-refractivity contribution >= 4 is 17.5 Å². The molecule has 1 heterocycles. The maximum Gasteiger partial charge on any atom is 0.260 e. The van der Waals surface area contributed by atoms with Crippen molar-refractivity contribution in [3.8, 4) is 22.9 Å². The van der Waals surface area contributed by atoms with Crippen LogP contribution in [-0.2, 0) is 11.3 Å². The molecule has 1 aromatic heterocycles. The molecule has 7 nitrogen and oxygen atoms in total. The van der Waals surface area contributed by atoms with E-state index in [1.807, 2.05) is 31.2 Å². The highest BCUT2D eigenvalue weighted by Crippen LogP contribution is 2.22. The van der Waals surface area contributed by atoms with E-state index in [0.29, 0.717) is 28.2 Å². The molecule has 0 unspecified atom stereocenters. The molecule has 0 fully saturated rings. The topological polar surface area (TPSA) is 77.7 Å². The van der Waals surface area contributed by atoms with Crippen molar-refractivity contribution in [3.05, 3.63) is 58.9 Å². The quantitative estimate of drug-likeness (QED) is 0.600. The van der Waals surface area contributed by atoms with Crippen molar-refractivity contribution < 1.29 is 18.8 Å². The summed E-state index contributed by atoms with van der Waals surface area (Å²) < 4.78 is 16.0. The van der Waals surface area contributed by atoms with Crippen LogP contribution in [0, 0.1) is 6.92 Å². The van der Waals surface area contributed by atoms with Crippen LogP contribution in [0.15, 0.2) is 47.0 Å². The molecule has 0 atom stereocenters. The predicted molar refractivity (Wildman–Crippen MR) is 104 cm³/mol. The predicted octanol–water partition coefficient (Wildman–Crippen LogP) is 3.74. The molecule has 0 aliphatic heterocycles. The minimum absolute atomic E-state index is 0.103. The Hall–Kier alpha value is -3.06. The summed E-state index contributed by atoms with van der Waals surface area (Å²) >= 11 is 5.99. The van der Waals surface area contributed by atoms with Crippen LogP contribution in [0.4, 0.5) is 0 Å².